The minimum Gasteiger partial charge on any atom is -0.299 e. The highest BCUT2D eigenvalue weighted by molar-refractivity contribution is 5.04. The van der Waals surface area contributed by atoms with Crippen LogP contribution in [0.2, 0.25) is 0 Å². The summed E-state index contributed by atoms with van der Waals surface area (Å²) in [6.45, 7) is 10.2. The van der Waals surface area contributed by atoms with E-state index in [1.54, 1.807) is 0 Å². The summed E-state index contributed by atoms with van der Waals surface area (Å²) < 4.78 is 0. The van der Waals surface area contributed by atoms with E-state index >= 15 is 0 Å². The standard InChI is InChI=1S/C15H28N2/c1-13(2)17(14(3)4)11-6-5-8-15(12-16)9-7-10-15/h13-14H,5-11H2,1-4H3. The number of nitrogens with zero attached hydrogens (tertiary/aromatic N) is 2. The zero-order chi connectivity index (χ0) is 12.9. The fourth-order valence-corrected chi connectivity index (χ4v) is 2.89. The van der Waals surface area contributed by atoms with Gasteiger partial charge in [-0.15, -0.1) is 0 Å². The molecule has 1 fully saturated rings. The molecule has 0 unspecified atom stereocenters. The van der Waals surface area contributed by atoms with Gasteiger partial charge in [0.2, 0.25) is 0 Å². The second kappa shape index (κ2) is 6.40. The normalized spacial score (nSPS) is 18.5. The summed E-state index contributed by atoms with van der Waals surface area (Å²) in [5.41, 5.74) is 0.0699. The summed E-state index contributed by atoms with van der Waals surface area (Å²) in [7, 11) is 0. The molecule has 0 aromatic heterocycles. The van der Waals surface area contributed by atoms with Crippen LogP contribution in [-0.4, -0.2) is 23.5 Å². The molecule has 0 bridgehead atoms. The Morgan fingerprint density at radius 1 is 1.12 bits per heavy atom. The SMILES string of the molecule is CC(C)N(CCCCC1(C#N)CCC1)C(C)C. The van der Waals surface area contributed by atoms with Gasteiger partial charge in [0.15, 0.2) is 0 Å². The first-order valence-corrected chi connectivity index (χ1v) is 7.18. The lowest BCUT2D eigenvalue weighted by Gasteiger charge is -2.36. The Morgan fingerprint density at radius 3 is 2.06 bits per heavy atom. The van der Waals surface area contributed by atoms with Crippen molar-refractivity contribution in [3.8, 4) is 6.07 Å². The molecule has 17 heavy (non-hydrogen) atoms. The van der Waals surface area contributed by atoms with E-state index in [4.69, 9.17) is 5.26 Å². The summed E-state index contributed by atoms with van der Waals surface area (Å²) in [5.74, 6) is 0. The molecule has 0 N–H and O–H groups in total. The summed E-state index contributed by atoms with van der Waals surface area (Å²) in [4.78, 5) is 2.54. The largest absolute Gasteiger partial charge is 0.299 e. The molecule has 0 aliphatic heterocycles. The van der Waals surface area contributed by atoms with Gasteiger partial charge in [0.25, 0.3) is 0 Å². The predicted molar refractivity (Wildman–Crippen MR) is 72.7 cm³/mol. The zero-order valence-electron chi connectivity index (χ0n) is 12.0. The third-order valence-electron chi connectivity index (χ3n) is 4.20. The van der Waals surface area contributed by atoms with Crippen LogP contribution in [0.3, 0.4) is 0 Å². The third-order valence-corrected chi connectivity index (χ3v) is 4.20. The molecule has 98 valence electrons. The summed E-state index contributed by atoms with van der Waals surface area (Å²) in [5, 5.41) is 9.16. The molecule has 1 rings (SSSR count). The van der Waals surface area contributed by atoms with Gasteiger partial charge in [-0.1, -0.05) is 12.8 Å². The Balaban J connectivity index is 2.21. The van der Waals surface area contributed by atoms with E-state index in [1.807, 2.05) is 0 Å². The molecule has 0 heterocycles. The van der Waals surface area contributed by atoms with Gasteiger partial charge in [0.05, 0.1) is 11.5 Å². The average Bonchev–Trinajstić information content (AvgIpc) is 2.20. The van der Waals surface area contributed by atoms with E-state index in [2.05, 4.69) is 38.7 Å². The molecule has 2 heteroatoms. The van der Waals surface area contributed by atoms with Crippen LogP contribution in [0, 0.1) is 16.7 Å². The van der Waals surface area contributed by atoms with Gasteiger partial charge in [-0.2, -0.15) is 5.26 Å². The lowest BCUT2D eigenvalue weighted by Crippen LogP contribution is -2.37. The topological polar surface area (TPSA) is 27.0 Å². The second-order valence-corrected chi connectivity index (χ2v) is 6.13. The van der Waals surface area contributed by atoms with Crippen molar-refractivity contribution in [2.45, 2.75) is 78.3 Å². The Labute approximate surface area is 107 Å². The molecule has 0 atom stereocenters. The fraction of sp³-hybridized carbons (Fsp3) is 0.933. The van der Waals surface area contributed by atoms with Crippen molar-refractivity contribution in [2.75, 3.05) is 6.54 Å². The van der Waals surface area contributed by atoms with Gasteiger partial charge in [-0.3, -0.25) is 4.90 Å². The predicted octanol–water partition coefficient (Wildman–Crippen LogP) is 3.97. The van der Waals surface area contributed by atoms with Crippen molar-refractivity contribution < 1.29 is 0 Å². The minimum atomic E-state index is 0.0699. The molecule has 0 radical (unpaired) electrons. The summed E-state index contributed by atoms with van der Waals surface area (Å²) in [6.07, 6.45) is 7.11. The zero-order valence-corrected chi connectivity index (χ0v) is 12.0. The van der Waals surface area contributed by atoms with Gasteiger partial charge in [0.1, 0.15) is 0 Å². The third kappa shape index (κ3) is 4.00. The fourth-order valence-electron chi connectivity index (χ4n) is 2.89. The molecular formula is C15H28N2. The number of hydrogen-bond acceptors (Lipinski definition) is 2. The van der Waals surface area contributed by atoms with Gasteiger partial charge in [-0.05, 0) is 59.9 Å². The van der Waals surface area contributed by atoms with Crippen LogP contribution in [0.4, 0.5) is 0 Å². The second-order valence-electron chi connectivity index (χ2n) is 6.13. The van der Waals surface area contributed by atoms with Crippen molar-refractivity contribution in [1.82, 2.24) is 4.90 Å². The van der Waals surface area contributed by atoms with Crippen molar-refractivity contribution in [1.29, 1.82) is 5.26 Å². The Morgan fingerprint density at radius 2 is 1.71 bits per heavy atom. The number of unbranched alkanes of at least 4 members (excludes halogenated alkanes) is 1. The van der Waals surface area contributed by atoms with Crippen LogP contribution in [0.15, 0.2) is 0 Å². The van der Waals surface area contributed by atoms with Crippen molar-refractivity contribution >= 4 is 0 Å². The maximum atomic E-state index is 9.16. The van der Waals surface area contributed by atoms with E-state index in [0.29, 0.717) is 12.1 Å². The van der Waals surface area contributed by atoms with E-state index in [-0.39, 0.29) is 5.41 Å². The van der Waals surface area contributed by atoms with Crippen molar-refractivity contribution in [2.24, 2.45) is 5.41 Å². The molecule has 0 aromatic rings. The van der Waals surface area contributed by atoms with Crippen molar-refractivity contribution in [3.63, 3.8) is 0 Å². The Bertz CT molecular complexity index is 251. The maximum Gasteiger partial charge on any atom is 0.0689 e. The molecule has 0 spiro atoms. The van der Waals surface area contributed by atoms with Crippen LogP contribution < -0.4 is 0 Å². The van der Waals surface area contributed by atoms with Crippen LogP contribution in [-0.2, 0) is 0 Å². The van der Waals surface area contributed by atoms with E-state index < -0.39 is 0 Å². The Hall–Kier alpha value is -0.550. The molecule has 1 saturated carbocycles. The molecule has 0 aromatic carbocycles. The smallest absolute Gasteiger partial charge is 0.0689 e. The van der Waals surface area contributed by atoms with Gasteiger partial charge >= 0.3 is 0 Å². The highest BCUT2D eigenvalue weighted by atomic mass is 15.2. The summed E-state index contributed by atoms with van der Waals surface area (Å²) >= 11 is 0. The quantitative estimate of drug-likeness (QED) is 0.625. The first-order valence-electron chi connectivity index (χ1n) is 7.18. The van der Waals surface area contributed by atoms with E-state index in [0.717, 1.165) is 19.3 Å². The van der Waals surface area contributed by atoms with Gasteiger partial charge in [0, 0.05) is 12.1 Å². The van der Waals surface area contributed by atoms with E-state index in [1.165, 1.54) is 25.8 Å². The molecule has 1 aliphatic carbocycles. The van der Waals surface area contributed by atoms with Gasteiger partial charge in [-0.25, -0.2) is 0 Å². The lowest BCUT2D eigenvalue weighted by molar-refractivity contribution is 0.157. The molecule has 0 saturated heterocycles. The number of hydrogen-bond donors (Lipinski definition) is 0. The number of rotatable bonds is 7. The first-order chi connectivity index (χ1) is 8.01. The lowest BCUT2D eigenvalue weighted by atomic mass is 9.67. The highest BCUT2D eigenvalue weighted by Gasteiger charge is 2.36. The van der Waals surface area contributed by atoms with Gasteiger partial charge < -0.3 is 0 Å². The maximum absolute atomic E-state index is 9.16. The summed E-state index contributed by atoms with van der Waals surface area (Å²) in [6, 6.07) is 3.79. The van der Waals surface area contributed by atoms with Crippen LogP contribution >= 0.6 is 0 Å². The van der Waals surface area contributed by atoms with Crippen LogP contribution in [0.5, 0.6) is 0 Å². The van der Waals surface area contributed by atoms with Crippen LogP contribution in [0.1, 0.15) is 66.2 Å². The number of nitriles is 1. The average molecular weight is 236 g/mol. The molecular weight excluding hydrogens is 208 g/mol. The Kier molecular flexibility index (Phi) is 5.46. The van der Waals surface area contributed by atoms with Crippen molar-refractivity contribution in [3.05, 3.63) is 0 Å². The molecule has 1 aliphatic rings. The molecule has 2 nitrogen and oxygen atoms in total. The first kappa shape index (κ1) is 14.5. The molecule has 0 amide bonds. The minimum absolute atomic E-state index is 0.0699. The van der Waals surface area contributed by atoms with E-state index in [9.17, 15) is 0 Å². The van der Waals surface area contributed by atoms with Crippen LogP contribution in [0.25, 0.3) is 0 Å². The monoisotopic (exact) mass is 236 g/mol. The highest BCUT2D eigenvalue weighted by Crippen LogP contribution is 2.44.